The lowest BCUT2D eigenvalue weighted by Crippen LogP contribution is -2.38. The lowest BCUT2D eigenvalue weighted by molar-refractivity contribution is -0.0334. The molecule has 0 amide bonds. The summed E-state index contributed by atoms with van der Waals surface area (Å²) >= 11 is 0. The maximum absolute atomic E-state index is 13.3. The summed E-state index contributed by atoms with van der Waals surface area (Å²) in [6, 6.07) is 6.65. The van der Waals surface area contributed by atoms with E-state index in [0.717, 1.165) is 30.9 Å². The second kappa shape index (κ2) is 5.73. The van der Waals surface area contributed by atoms with Crippen LogP contribution in [0.2, 0.25) is 0 Å². The Balaban J connectivity index is 1.69. The SMILES string of the molecule is Cc1cn[nH]c1CN1CCOC(c2cccc(F)c2)C1. The number of benzene rings is 1. The van der Waals surface area contributed by atoms with Crippen molar-refractivity contribution in [1.29, 1.82) is 0 Å². The molecule has 2 aromatic rings. The number of H-pyrrole nitrogens is 1. The maximum Gasteiger partial charge on any atom is 0.123 e. The minimum atomic E-state index is -0.215. The molecule has 1 saturated heterocycles. The average Bonchev–Trinajstić information content (AvgIpc) is 2.85. The summed E-state index contributed by atoms with van der Waals surface area (Å²) in [5.41, 5.74) is 3.19. The highest BCUT2D eigenvalue weighted by atomic mass is 19.1. The van der Waals surface area contributed by atoms with Crippen molar-refractivity contribution in [1.82, 2.24) is 15.1 Å². The molecule has 1 aromatic heterocycles. The second-order valence-electron chi connectivity index (χ2n) is 5.18. The lowest BCUT2D eigenvalue weighted by atomic mass is 10.1. The number of halogens is 1. The summed E-state index contributed by atoms with van der Waals surface area (Å²) in [4.78, 5) is 2.31. The van der Waals surface area contributed by atoms with E-state index in [1.807, 2.05) is 19.2 Å². The summed E-state index contributed by atoms with van der Waals surface area (Å²) in [5.74, 6) is -0.215. The van der Waals surface area contributed by atoms with Crippen molar-refractivity contribution in [2.24, 2.45) is 0 Å². The van der Waals surface area contributed by atoms with E-state index in [2.05, 4.69) is 15.1 Å². The van der Waals surface area contributed by atoms with Crippen LogP contribution in [0.5, 0.6) is 0 Å². The fourth-order valence-corrected chi connectivity index (χ4v) is 2.51. The second-order valence-corrected chi connectivity index (χ2v) is 5.18. The highest BCUT2D eigenvalue weighted by Gasteiger charge is 2.23. The molecule has 1 N–H and O–H groups in total. The standard InChI is InChI=1S/C15H18FN3O/c1-11-8-17-18-14(11)9-19-5-6-20-15(10-19)12-3-2-4-13(16)7-12/h2-4,7-8,15H,5-6,9-10H2,1H3,(H,17,18). The Morgan fingerprint density at radius 2 is 2.40 bits per heavy atom. The third-order valence-electron chi connectivity index (χ3n) is 3.69. The van der Waals surface area contributed by atoms with E-state index in [0.29, 0.717) is 6.61 Å². The van der Waals surface area contributed by atoms with Crippen LogP contribution < -0.4 is 0 Å². The molecule has 1 atom stereocenters. The molecule has 3 rings (SSSR count). The Morgan fingerprint density at radius 3 is 3.15 bits per heavy atom. The van der Waals surface area contributed by atoms with Crippen molar-refractivity contribution < 1.29 is 9.13 Å². The molecule has 1 aliphatic heterocycles. The molecule has 0 bridgehead atoms. The predicted molar refractivity (Wildman–Crippen MR) is 73.7 cm³/mol. The summed E-state index contributed by atoms with van der Waals surface area (Å²) in [6.45, 7) is 5.17. The van der Waals surface area contributed by atoms with E-state index in [-0.39, 0.29) is 11.9 Å². The molecule has 0 spiro atoms. The van der Waals surface area contributed by atoms with Crippen LogP contribution >= 0.6 is 0 Å². The van der Waals surface area contributed by atoms with Gasteiger partial charge in [-0.25, -0.2) is 4.39 Å². The van der Waals surface area contributed by atoms with Gasteiger partial charge in [0.25, 0.3) is 0 Å². The summed E-state index contributed by atoms with van der Waals surface area (Å²) in [5, 5.41) is 7.07. The quantitative estimate of drug-likeness (QED) is 0.935. The Morgan fingerprint density at radius 1 is 1.50 bits per heavy atom. The first-order valence-electron chi connectivity index (χ1n) is 6.80. The van der Waals surface area contributed by atoms with Crippen LogP contribution in [0.15, 0.2) is 30.5 Å². The third-order valence-corrected chi connectivity index (χ3v) is 3.69. The minimum absolute atomic E-state index is 0.0670. The van der Waals surface area contributed by atoms with E-state index in [1.165, 1.54) is 11.6 Å². The average molecular weight is 275 g/mol. The van der Waals surface area contributed by atoms with Gasteiger partial charge in [-0.15, -0.1) is 0 Å². The number of rotatable bonds is 3. The molecular formula is C15H18FN3O. The van der Waals surface area contributed by atoms with Crippen molar-refractivity contribution in [3.63, 3.8) is 0 Å². The number of nitrogens with one attached hydrogen (secondary N) is 1. The Bertz CT molecular complexity index is 584. The van der Waals surface area contributed by atoms with Gasteiger partial charge < -0.3 is 4.74 Å². The Hall–Kier alpha value is -1.72. The molecule has 1 fully saturated rings. The number of hydrogen-bond acceptors (Lipinski definition) is 3. The van der Waals surface area contributed by atoms with Gasteiger partial charge in [-0.05, 0) is 30.2 Å². The highest BCUT2D eigenvalue weighted by Crippen LogP contribution is 2.23. The number of aryl methyl sites for hydroxylation is 1. The van der Waals surface area contributed by atoms with E-state index >= 15 is 0 Å². The number of aromatic nitrogens is 2. The predicted octanol–water partition coefficient (Wildman–Crippen LogP) is 2.43. The number of nitrogens with zero attached hydrogens (tertiary/aromatic N) is 2. The molecular weight excluding hydrogens is 257 g/mol. The first-order chi connectivity index (χ1) is 9.72. The molecule has 4 nitrogen and oxygen atoms in total. The van der Waals surface area contributed by atoms with E-state index in [1.54, 1.807) is 12.1 Å². The minimum Gasteiger partial charge on any atom is -0.371 e. The molecule has 1 aromatic carbocycles. The van der Waals surface area contributed by atoms with Gasteiger partial charge in [0.2, 0.25) is 0 Å². The summed E-state index contributed by atoms with van der Waals surface area (Å²) < 4.78 is 19.1. The van der Waals surface area contributed by atoms with Crippen LogP contribution in [-0.4, -0.2) is 34.8 Å². The van der Waals surface area contributed by atoms with E-state index in [4.69, 9.17) is 4.74 Å². The normalized spacial score (nSPS) is 20.2. The van der Waals surface area contributed by atoms with Gasteiger partial charge in [0.1, 0.15) is 5.82 Å². The summed E-state index contributed by atoms with van der Waals surface area (Å²) in [7, 11) is 0. The molecule has 1 aliphatic rings. The molecule has 5 heteroatoms. The number of morpholine rings is 1. The number of ether oxygens (including phenoxy) is 1. The molecule has 1 unspecified atom stereocenters. The third kappa shape index (κ3) is 2.89. The first-order valence-corrected chi connectivity index (χ1v) is 6.80. The van der Waals surface area contributed by atoms with E-state index < -0.39 is 0 Å². The molecule has 0 aliphatic carbocycles. The van der Waals surface area contributed by atoms with Gasteiger partial charge in [-0.3, -0.25) is 10.00 Å². The van der Waals surface area contributed by atoms with Crippen molar-refractivity contribution in [3.05, 3.63) is 53.1 Å². The highest BCUT2D eigenvalue weighted by molar-refractivity contribution is 5.20. The van der Waals surface area contributed by atoms with Gasteiger partial charge in [0.05, 0.1) is 24.6 Å². The number of hydrogen-bond donors (Lipinski definition) is 1. The van der Waals surface area contributed by atoms with Crippen LogP contribution in [0.25, 0.3) is 0 Å². The van der Waals surface area contributed by atoms with Crippen LogP contribution in [0.3, 0.4) is 0 Å². The smallest absolute Gasteiger partial charge is 0.123 e. The summed E-state index contributed by atoms with van der Waals surface area (Å²) in [6.07, 6.45) is 1.77. The van der Waals surface area contributed by atoms with Crippen LogP contribution in [0, 0.1) is 12.7 Å². The van der Waals surface area contributed by atoms with Crippen LogP contribution in [0.1, 0.15) is 22.9 Å². The van der Waals surface area contributed by atoms with Crippen molar-refractivity contribution >= 4 is 0 Å². The molecule has 106 valence electrons. The van der Waals surface area contributed by atoms with Crippen molar-refractivity contribution in [2.45, 2.75) is 19.6 Å². The zero-order valence-corrected chi connectivity index (χ0v) is 11.5. The molecule has 0 saturated carbocycles. The lowest BCUT2D eigenvalue weighted by Gasteiger charge is -2.33. The van der Waals surface area contributed by atoms with Crippen molar-refractivity contribution in [3.8, 4) is 0 Å². The van der Waals surface area contributed by atoms with Gasteiger partial charge in [-0.2, -0.15) is 5.10 Å². The molecule has 20 heavy (non-hydrogen) atoms. The Kier molecular flexibility index (Phi) is 3.80. The zero-order valence-electron chi connectivity index (χ0n) is 11.5. The topological polar surface area (TPSA) is 41.2 Å². The maximum atomic E-state index is 13.3. The van der Waals surface area contributed by atoms with Gasteiger partial charge >= 0.3 is 0 Å². The monoisotopic (exact) mass is 275 g/mol. The largest absolute Gasteiger partial charge is 0.371 e. The Labute approximate surface area is 117 Å². The van der Waals surface area contributed by atoms with Crippen molar-refractivity contribution in [2.75, 3.05) is 19.7 Å². The fourth-order valence-electron chi connectivity index (χ4n) is 2.51. The zero-order chi connectivity index (χ0) is 13.9. The number of aromatic amines is 1. The van der Waals surface area contributed by atoms with Crippen LogP contribution in [0.4, 0.5) is 4.39 Å². The first kappa shape index (κ1) is 13.3. The van der Waals surface area contributed by atoms with E-state index in [9.17, 15) is 4.39 Å². The van der Waals surface area contributed by atoms with Crippen LogP contribution in [-0.2, 0) is 11.3 Å². The fraction of sp³-hybridized carbons (Fsp3) is 0.400. The van der Waals surface area contributed by atoms with Gasteiger partial charge in [-0.1, -0.05) is 12.1 Å². The molecule has 2 heterocycles. The van der Waals surface area contributed by atoms with Gasteiger partial charge in [0, 0.05) is 19.6 Å². The van der Waals surface area contributed by atoms with Gasteiger partial charge in [0.15, 0.2) is 0 Å². The molecule has 0 radical (unpaired) electrons.